The minimum absolute atomic E-state index is 0.202. The molecule has 2 heteroatoms. The average Bonchev–Trinajstić information content (AvgIpc) is 1.82. The molecule has 0 saturated heterocycles. The van der Waals surface area contributed by atoms with E-state index in [0.29, 0.717) is 0 Å². The molecular weight excluding hydrogens is 158 g/mol. The molecule has 0 bridgehead atoms. The van der Waals surface area contributed by atoms with Crippen LogP contribution in [0, 0.1) is 22.7 Å². The van der Waals surface area contributed by atoms with Crippen molar-refractivity contribution in [3.05, 3.63) is 0 Å². The maximum Gasteiger partial charge on any atom is 0.254 e. The molecule has 0 spiro atoms. The van der Waals surface area contributed by atoms with Crippen LogP contribution in [0.4, 0.5) is 8.78 Å². The van der Waals surface area contributed by atoms with E-state index in [-0.39, 0.29) is 5.41 Å². The van der Waals surface area contributed by atoms with E-state index in [9.17, 15) is 8.78 Å². The van der Waals surface area contributed by atoms with Crippen LogP contribution in [-0.4, -0.2) is 6.43 Å². The van der Waals surface area contributed by atoms with Gasteiger partial charge in [-0.25, -0.2) is 8.78 Å². The summed E-state index contributed by atoms with van der Waals surface area (Å²) in [4.78, 5) is 0. The van der Waals surface area contributed by atoms with Gasteiger partial charge in [-0.3, -0.25) is 0 Å². The minimum Gasteiger partial charge on any atom is -0.209 e. The van der Waals surface area contributed by atoms with Crippen LogP contribution in [0.2, 0.25) is 0 Å². The third kappa shape index (κ3) is 4.33. The summed E-state index contributed by atoms with van der Waals surface area (Å²) in [5.74, 6) is 5.41. The molecule has 0 aliphatic rings. The van der Waals surface area contributed by atoms with E-state index in [1.165, 1.54) is 13.8 Å². The Labute approximate surface area is 73.4 Å². The molecule has 0 nitrogen and oxygen atoms in total. The standard InChI is InChI=1S/C10H16F2/c1-9(2,3)6-7-10(4,5)8(11)12/h8H,1-5H3. The molecule has 12 heavy (non-hydrogen) atoms. The van der Waals surface area contributed by atoms with Crippen LogP contribution in [-0.2, 0) is 0 Å². The van der Waals surface area contributed by atoms with Gasteiger partial charge in [0.1, 0.15) is 0 Å². The molecule has 0 radical (unpaired) electrons. The molecule has 0 saturated carbocycles. The Bertz CT molecular complexity index is 198. The lowest BCUT2D eigenvalue weighted by Crippen LogP contribution is -2.20. The molecule has 0 aromatic carbocycles. The molecule has 0 aromatic rings. The lowest BCUT2D eigenvalue weighted by Gasteiger charge is -2.17. The van der Waals surface area contributed by atoms with Gasteiger partial charge < -0.3 is 0 Å². The summed E-state index contributed by atoms with van der Waals surface area (Å²) in [6.07, 6.45) is -2.38. The fourth-order valence-electron chi connectivity index (χ4n) is 0.403. The zero-order chi connectivity index (χ0) is 9.99. The first kappa shape index (κ1) is 11.4. The first-order chi connectivity index (χ1) is 5.15. The SMILES string of the molecule is CC(C)(C)C#CC(C)(C)C(F)F. The van der Waals surface area contributed by atoms with Gasteiger partial charge in [0.15, 0.2) is 0 Å². The van der Waals surface area contributed by atoms with Crippen LogP contribution in [0.25, 0.3) is 0 Å². The fraction of sp³-hybridized carbons (Fsp3) is 0.800. The van der Waals surface area contributed by atoms with E-state index < -0.39 is 11.8 Å². The van der Waals surface area contributed by atoms with Gasteiger partial charge in [0.25, 0.3) is 6.43 Å². The summed E-state index contributed by atoms with van der Waals surface area (Å²) >= 11 is 0. The molecule has 0 rings (SSSR count). The van der Waals surface area contributed by atoms with Crippen molar-refractivity contribution in [3.8, 4) is 11.8 Å². The lowest BCUT2D eigenvalue weighted by molar-refractivity contribution is 0.0568. The molecule has 0 amide bonds. The van der Waals surface area contributed by atoms with Crippen LogP contribution in [0.15, 0.2) is 0 Å². The average molecular weight is 174 g/mol. The molecule has 0 heterocycles. The van der Waals surface area contributed by atoms with E-state index in [0.717, 1.165) is 0 Å². The molecule has 0 unspecified atom stereocenters. The van der Waals surface area contributed by atoms with Crippen molar-refractivity contribution >= 4 is 0 Å². The van der Waals surface area contributed by atoms with Gasteiger partial charge in [-0.15, -0.1) is 0 Å². The number of halogens is 2. The van der Waals surface area contributed by atoms with Gasteiger partial charge in [0.2, 0.25) is 0 Å². The van der Waals surface area contributed by atoms with Crippen molar-refractivity contribution in [2.24, 2.45) is 10.8 Å². The first-order valence-electron chi connectivity index (χ1n) is 3.98. The fourth-order valence-corrected chi connectivity index (χ4v) is 0.403. The maximum absolute atomic E-state index is 12.3. The smallest absolute Gasteiger partial charge is 0.209 e. The van der Waals surface area contributed by atoms with Crippen LogP contribution in [0.5, 0.6) is 0 Å². The molecule has 0 aliphatic heterocycles. The normalized spacial score (nSPS) is 12.7. The van der Waals surface area contributed by atoms with Crippen molar-refractivity contribution in [3.63, 3.8) is 0 Å². The van der Waals surface area contributed by atoms with Crippen molar-refractivity contribution < 1.29 is 8.78 Å². The van der Waals surface area contributed by atoms with Crippen LogP contribution in [0.3, 0.4) is 0 Å². The summed E-state index contributed by atoms with van der Waals surface area (Å²) in [6.45, 7) is 8.62. The highest BCUT2D eigenvalue weighted by Crippen LogP contribution is 2.24. The number of rotatable bonds is 1. The van der Waals surface area contributed by atoms with Gasteiger partial charge in [0, 0.05) is 5.41 Å². The molecule has 0 atom stereocenters. The Kier molecular flexibility index (Phi) is 3.26. The highest BCUT2D eigenvalue weighted by molar-refractivity contribution is 5.14. The topological polar surface area (TPSA) is 0 Å². The van der Waals surface area contributed by atoms with Crippen LogP contribution < -0.4 is 0 Å². The van der Waals surface area contributed by atoms with Crippen molar-refractivity contribution in [1.82, 2.24) is 0 Å². The zero-order valence-corrected chi connectivity index (χ0v) is 8.33. The lowest BCUT2D eigenvalue weighted by atomic mass is 9.90. The maximum atomic E-state index is 12.3. The van der Waals surface area contributed by atoms with Crippen molar-refractivity contribution in [1.29, 1.82) is 0 Å². The first-order valence-corrected chi connectivity index (χ1v) is 3.98. The Morgan fingerprint density at radius 3 is 1.58 bits per heavy atom. The highest BCUT2D eigenvalue weighted by Gasteiger charge is 2.27. The number of hydrogen-bond donors (Lipinski definition) is 0. The second-order valence-electron chi connectivity index (χ2n) is 4.52. The zero-order valence-electron chi connectivity index (χ0n) is 8.33. The quantitative estimate of drug-likeness (QED) is 0.535. The largest absolute Gasteiger partial charge is 0.254 e. The Balaban J connectivity index is 4.50. The predicted octanol–water partition coefficient (Wildman–Crippen LogP) is 3.33. The molecule has 0 N–H and O–H groups in total. The minimum atomic E-state index is -2.38. The predicted molar refractivity (Wildman–Crippen MR) is 47.0 cm³/mol. The summed E-state index contributed by atoms with van der Waals surface area (Å²) in [7, 11) is 0. The van der Waals surface area contributed by atoms with Gasteiger partial charge >= 0.3 is 0 Å². The van der Waals surface area contributed by atoms with Gasteiger partial charge in [-0.2, -0.15) is 0 Å². The number of hydrogen-bond acceptors (Lipinski definition) is 0. The van der Waals surface area contributed by atoms with E-state index in [1.807, 2.05) is 20.8 Å². The Hall–Kier alpha value is -0.580. The van der Waals surface area contributed by atoms with Gasteiger partial charge in [0.05, 0.1) is 5.41 Å². The summed E-state index contributed by atoms with van der Waals surface area (Å²) in [5, 5.41) is 0. The molecule has 0 aromatic heterocycles. The summed E-state index contributed by atoms with van der Waals surface area (Å²) < 4.78 is 24.6. The highest BCUT2D eigenvalue weighted by atomic mass is 19.3. The van der Waals surface area contributed by atoms with E-state index >= 15 is 0 Å². The second kappa shape index (κ2) is 3.43. The number of alkyl halides is 2. The summed E-state index contributed by atoms with van der Waals surface area (Å²) in [6, 6.07) is 0. The third-order valence-electron chi connectivity index (χ3n) is 1.31. The van der Waals surface area contributed by atoms with Crippen molar-refractivity contribution in [2.75, 3.05) is 0 Å². The molecular formula is C10H16F2. The van der Waals surface area contributed by atoms with E-state index in [1.54, 1.807) is 0 Å². The molecule has 0 aliphatic carbocycles. The monoisotopic (exact) mass is 174 g/mol. The second-order valence-corrected chi connectivity index (χ2v) is 4.52. The Morgan fingerprint density at radius 1 is 0.917 bits per heavy atom. The van der Waals surface area contributed by atoms with E-state index in [2.05, 4.69) is 11.8 Å². The van der Waals surface area contributed by atoms with Crippen LogP contribution >= 0.6 is 0 Å². The third-order valence-corrected chi connectivity index (χ3v) is 1.31. The van der Waals surface area contributed by atoms with Gasteiger partial charge in [-0.1, -0.05) is 11.8 Å². The Morgan fingerprint density at radius 2 is 1.33 bits per heavy atom. The molecule has 70 valence electrons. The van der Waals surface area contributed by atoms with Crippen molar-refractivity contribution in [2.45, 2.75) is 41.0 Å². The van der Waals surface area contributed by atoms with Gasteiger partial charge in [-0.05, 0) is 34.6 Å². The van der Waals surface area contributed by atoms with E-state index in [4.69, 9.17) is 0 Å². The molecule has 0 fully saturated rings. The summed E-state index contributed by atoms with van der Waals surface area (Å²) in [5.41, 5.74) is -1.39. The van der Waals surface area contributed by atoms with Crippen LogP contribution in [0.1, 0.15) is 34.6 Å².